The highest BCUT2D eigenvalue weighted by atomic mass is 16.5. The molecule has 0 spiro atoms. The van der Waals surface area contributed by atoms with E-state index >= 15 is 0 Å². The number of nitrogens with zero attached hydrogens (tertiary/aromatic N) is 1. The van der Waals surface area contributed by atoms with Crippen molar-refractivity contribution in [3.05, 3.63) is 142 Å². The predicted octanol–water partition coefficient (Wildman–Crippen LogP) is 7.49. The lowest BCUT2D eigenvalue weighted by atomic mass is 10.0. The Hall–Kier alpha value is -4.26. The van der Waals surface area contributed by atoms with Gasteiger partial charge >= 0.3 is 11.9 Å². The third-order valence-electron chi connectivity index (χ3n) is 7.58. The molecule has 0 aliphatic rings. The molecule has 0 amide bonds. The molecule has 1 unspecified atom stereocenters. The van der Waals surface area contributed by atoms with Crippen molar-refractivity contribution >= 4 is 11.9 Å². The summed E-state index contributed by atoms with van der Waals surface area (Å²) < 4.78 is 6.59. The molecule has 0 saturated heterocycles. The Morgan fingerprint density at radius 3 is 2.05 bits per heavy atom. The highest BCUT2D eigenvalue weighted by molar-refractivity contribution is 5.87. The summed E-state index contributed by atoms with van der Waals surface area (Å²) in [5.74, 6) is -1.74. The monoisotopic (exact) mass is 579 g/mol. The Morgan fingerprint density at radius 1 is 0.744 bits per heavy atom. The molecule has 0 radical (unpaired) electrons. The number of aromatic carboxylic acids is 1. The van der Waals surface area contributed by atoms with E-state index in [1.807, 2.05) is 24.3 Å². The highest BCUT2D eigenvalue weighted by Crippen LogP contribution is 2.24. The molecule has 4 aromatic carbocycles. The van der Waals surface area contributed by atoms with Crippen LogP contribution in [0.2, 0.25) is 0 Å². The Balaban J connectivity index is 1.45. The minimum Gasteiger partial charge on any atom is -0.481 e. The average Bonchev–Trinajstić information content (AvgIpc) is 3.01. The molecule has 0 fully saturated rings. The van der Waals surface area contributed by atoms with Crippen LogP contribution < -0.4 is 0 Å². The second-order valence-electron chi connectivity index (χ2n) is 11.1. The van der Waals surface area contributed by atoms with Gasteiger partial charge in [-0.25, -0.2) is 4.79 Å². The van der Waals surface area contributed by atoms with E-state index in [1.54, 1.807) is 12.1 Å². The molecule has 224 valence electrons. The van der Waals surface area contributed by atoms with E-state index in [4.69, 9.17) is 9.84 Å². The third-order valence-corrected chi connectivity index (χ3v) is 7.58. The standard InChI is InChI=1S/C37H41NO5/c1-28-8-7-11-34(24-28)35(43-27-32-17-15-30(16-18-32)14-13-29-9-3-2-4-10-29)26-38(23-6-5-12-36(39)40)25-31-19-21-33(22-20-31)37(41)42/h2-4,7-11,15-22,24,35H,5-6,12-14,23,25-27H2,1H3,(H,39,40)(H,41,42). The number of aliphatic carboxylic acids is 1. The fourth-order valence-electron chi connectivity index (χ4n) is 5.15. The van der Waals surface area contributed by atoms with Crippen molar-refractivity contribution in [1.82, 2.24) is 4.90 Å². The quantitative estimate of drug-likeness (QED) is 0.126. The smallest absolute Gasteiger partial charge is 0.335 e. The molecule has 6 heteroatoms. The van der Waals surface area contributed by atoms with Crippen LogP contribution in [-0.4, -0.2) is 40.1 Å². The Labute approximate surface area is 254 Å². The van der Waals surface area contributed by atoms with Gasteiger partial charge in [-0.3, -0.25) is 9.69 Å². The van der Waals surface area contributed by atoms with Crippen LogP contribution in [0.5, 0.6) is 0 Å². The van der Waals surface area contributed by atoms with E-state index in [-0.39, 0.29) is 18.1 Å². The summed E-state index contributed by atoms with van der Waals surface area (Å²) in [6, 6.07) is 34.5. The van der Waals surface area contributed by atoms with Gasteiger partial charge in [0.1, 0.15) is 0 Å². The molecule has 0 aliphatic carbocycles. The van der Waals surface area contributed by atoms with Gasteiger partial charge in [-0.15, -0.1) is 0 Å². The summed E-state index contributed by atoms with van der Waals surface area (Å²) >= 11 is 0. The van der Waals surface area contributed by atoms with Gasteiger partial charge in [-0.2, -0.15) is 0 Å². The van der Waals surface area contributed by atoms with Crippen molar-refractivity contribution < 1.29 is 24.5 Å². The maximum Gasteiger partial charge on any atom is 0.335 e. The molecule has 43 heavy (non-hydrogen) atoms. The fraction of sp³-hybridized carbons (Fsp3) is 0.297. The van der Waals surface area contributed by atoms with Crippen LogP contribution in [0.3, 0.4) is 0 Å². The van der Waals surface area contributed by atoms with E-state index < -0.39 is 11.9 Å². The van der Waals surface area contributed by atoms with Crippen LogP contribution in [0.25, 0.3) is 0 Å². The highest BCUT2D eigenvalue weighted by Gasteiger charge is 2.19. The summed E-state index contributed by atoms with van der Waals surface area (Å²) in [5, 5.41) is 18.4. The lowest BCUT2D eigenvalue weighted by Crippen LogP contribution is -2.30. The summed E-state index contributed by atoms with van der Waals surface area (Å²) in [4.78, 5) is 24.7. The minimum atomic E-state index is -0.950. The van der Waals surface area contributed by atoms with Gasteiger partial charge in [0.15, 0.2) is 0 Å². The van der Waals surface area contributed by atoms with Crippen molar-refractivity contribution in [2.24, 2.45) is 0 Å². The topological polar surface area (TPSA) is 87.1 Å². The molecular formula is C37H41NO5. The lowest BCUT2D eigenvalue weighted by Gasteiger charge is -2.28. The van der Waals surface area contributed by atoms with E-state index in [0.29, 0.717) is 32.7 Å². The maximum absolute atomic E-state index is 11.3. The van der Waals surface area contributed by atoms with Gasteiger partial charge in [-0.1, -0.05) is 96.6 Å². The number of unbranched alkanes of at least 4 members (excludes halogenated alkanes) is 1. The van der Waals surface area contributed by atoms with Crippen LogP contribution in [0.15, 0.2) is 103 Å². The summed E-state index contributed by atoms with van der Waals surface area (Å²) in [6.45, 7) is 4.47. The van der Waals surface area contributed by atoms with Gasteiger partial charge in [0, 0.05) is 19.5 Å². The second-order valence-corrected chi connectivity index (χ2v) is 11.1. The van der Waals surface area contributed by atoms with E-state index in [1.165, 1.54) is 11.1 Å². The first kappa shape index (κ1) is 31.7. The molecule has 1 atom stereocenters. The van der Waals surface area contributed by atoms with Crippen LogP contribution in [0.1, 0.15) is 69.1 Å². The Bertz CT molecular complexity index is 1430. The Kier molecular flexibility index (Phi) is 12.1. The third kappa shape index (κ3) is 10.8. The number of hydrogen-bond donors (Lipinski definition) is 2. The number of carboxylic acid groups (broad SMARTS) is 2. The zero-order valence-electron chi connectivity index (χ0n) is 24.8. The first-order chi connectivity index (χ1) is 20.9. The largest absolute Gasteiger partial charge is 0.481 e. The maximum atomic E-state index is 11.3. The zero-order chi connectivity index (χ0) is 30.4. The molecular weight excluding hydrogens is 538 g/mol. The number of rotatable bonds is 17. The van der Waals surface area contributed by atoms with Crippen molar-refractivity contribution in [2.75, 3.05) is 13.1 Å². The molecule has 0 aromatic heterocycles. The zero-order valence-corrected chi connectivity index (χ0v) is 24.8. The molecule has 4 rings (SSSR count). The van der Waals surface area contributed by atoms with E-state index in [9.17, 15) is 14.7 Å². The number of carboxylic acids is 2. The van der Waals surface area contributed by atoms with Gasteiger partial charge < -0.3 is 14.9 Å². The molecule has 0 aliphatic heterocycles. The van der Waals surface area contributed by atoms with E-state index in [0.717, 1.165) is 41.5 Å². The number of hydrogen-bond acceptors (Lipinski definition) is 4. The van der Waals surface area contributed by atoms with Crippen LogP contribution in [0, 0.1) is 6.92 Å². The number of aryl methyl sites for hydroxylation is 3. The van der Waals surface area contributed by atoms with Gasteiger partial charge in [0.2, 0.25) is 0 Å². The van der Waals surface area contributed by atoms with Gasteiger partial charge in [0.25, 0.3) is 0 Å². The van der Waals surface area contributed by atoms with Gasteiger partial charge in [-0.05, 0) is 79.1 Å². The predicted molar refractivity (Wildman–Crippen MR) is 169 cm³/mol. The normalized spacial score (nSPS) is 11.9. The summed E-state index contributed by atoms with van der Waals surface area (Å²) in [6.07, 6.45) is 3.27. The van der Waals surface area contributed by atoms with Crippen LogP contribution >= 0.6 is 0 Å². The fourth-order valence-corrected chi connectivity index (χ4v) is 5.15. The molecule has 2 N–H and O–H groups in total. The summed E-state index contributed by atoms with van der Waals surface area (Å²) in [7, 11) is 0. The molecule has 0 heterocycles. The lowest BCUT2D eigenvalue weighted by molar-refractivity contribution is -0.137. The number of carbonyl (C=O) groups is 2. The summed E-state index contributed by atoms with van der Waals surface area (Å²) in [5.41, 5.74) is 7.24. The average molecular weight is 580 g/mol. The van der Waals surface area contributed by atoms with Crippen LogP contribution in [-0.2, 0) is 35.5 Å². The second kappa shape index (κ2) is 16.4. The van der Waals surface area contributed by atoms with Crippen molar-refractivity contribution in [1.29, 1.82) is 0 Å². The van der Waals surface area contributed by atoms with Crippen molar-refractivity contribution in [3.8, 4) is 0 Å². The van der Waals surface area contributed by atoms with E-state index in [2.05, 4.69) is 78.6 Å². The molecule has 0 bridgehead atoms. The van der Waals surface area contributed by atoms with Crippen LogP contribution in [0.4, 0.5) is 0 Å². The molecule has 0 saturated carbocycles. The number of ether oxygens (including phenoxy) is 1. The number of benzene rings is 4. The van der Waals surface area contributed by atoms with Crippen molar-refractivity contribution in [3.63, 3.8) is 0 Å². The van der Waals surface area contributed by atoms with Crippen molar-refractivity contribution in [2.45, 2.75) is 58.3 Å². The minimum absolute atomic E-state index is 0.139. The van der Waals surface area contributed by atoms with Gasteiger partial charge in [0.05, 0.1) is 18.3 Å². The molecule has 6 nitrogen and oxygen atoms in total. The first-order valence-electron chi connectivity index (χ1n) is 14.9. The molecule has 4 aromatic rings. The first-order valence-corrected chi connectivity index (χ1v) is 14.9. The Morgan fingerprint density at radius 2 is 1.40 bits per heavy atom. The SMILES string of the molecule is Cc1cccc(C(CN(CCCCC(=O)O)Cc2ccc(C(=O)O)cc2)OCc2ccc(CCc3ccccc3)cc2)c1.